The van der Waals surface area contributed by atoms with Gasteiger partial charge in [-0.05, 0) is 33.7 Å². The summed E-state index contributed by atoms with van der Waals surface area (Å²) in [5.74, 6) is -1.07. The number of nitrogens with zero attached hydrogens (tertiary/aromatic N) is 2. The highest BCUT2D eigenvalue weighted by Crippen LogP contribution is 2.11. The van der Waals surface area contributed by atoms with Crippen LogP contribution in [0, 0.1) is 5.92 Å². The summed E-state index contributed by atoms with van der Waals surface area (Å²) in [5.41, 5.74) is 0. The molecule has 0 saturated carbocycles. The summed E-state index contributed by atoms with van der Waals surface area (Å²) in [5, 5.41) is 11.8. The molecule has 2 N–H and O–H groups in total. The number of piperazine rings is 1. The van der Waals surface area contributed by atoms with E-state index in [0.29, 0.717) is 12.5 Å². The minimum atomic E-state index is -0.752. The van der Waals surface area contributed by atoms with Crippen LogP contribution in [0.3, 0.4) is 0 Å². The highest BCUT2D eigenvalue weighted by Gasteiger charge is 2.24. The fraction of sp³-hybridized carbons (Fsp3) is 0.867. The van der Waals surface area contributed by atoms with Crippen molar-refractivity contribution >= 4 is 12.0 Å². The average molecular weight is 299 g/mol. The van der Waals surface area contributed by atoms with Gasteiger partial charge >= 0.3 is 12.0 Å². The quantitative estimate of drug-likeness (QED) is 0.781. The smallest absolute Gasteiger partial charge is 0.317 e. The fourth-order valence-electron chi connectivity index (χ4n) is 2.46. The van der Waals surface area contributed by atoms with Crippen LogP contribution in [0.25, 0.3) is 0 Å². The summed E-state index contributed by atoms with van der Waals surface area (Å²) in [4.78, 5) is 27.0. The second kappa shape index (κ2) is 8.22. The molecule has 3 atom stereocenters. The summed E-state index contributed by atoms with van der Waals surface area (Å²) in [7, 11) is 2.08. The molecule has 6 nitrogen and oxygen atoms in total. The first-order valence-corrected chi connectivity index (χ1v) is 7.79. The van der Waals surface area contributed by atoms with Gasteiger partial charge in [0.1, 0.15) is 0 Å². The molecule has 0 aromatic heterocycles. The molecule has 3 unspecified atom stereocenters. The van der Waals surface area contributed by atoms with Crippen LogP contribution in [0.15, 0.2) is 0 Å². The van der Waals surface area contributed by atoms with Crippen LogP contribution in [0.4, 0.5) is 4.79 Å². The Morgan fingerprint density at radius 2 is 1.95 bits per heavy atom. The molecule has 1 aliphatic heterocycles. The number of aliphatic carboxylic acids is 1. The van der Waals surface area contributed by atoms with Crippen LogP contribution >= 0.6 is 0 Å². The van der Waals surface area contributed by atoms with Crippen molar-refractivity contribution in [3.63, 3.8) is 0 Å². The van der Waals surface area contributed by atoms with E-state index in [1.807, 2.05) is 11.8 Å². The van der Waals surface area contributed by atoms with Crippen LogP contribution in [0.2, 0.25) is 0 Å². The fourth-order valence-corrected chi connectivity index (χ4v) is 2.46. The summed E-state index contributed by atoms with van der Waals surface area (Å²) >= 11 is 0. The first-order chi connectivity index (χ1) is 9.81. The number of hydrogen-bond donors (Lipinski definition) is 2. The molecular weight excluding hydrogens is 270 g/mol. The Labute approximate surface area is 127 Å². The van der Waals surface area contributed by atoms with Crippen LogP contribution in [0.5, 0.6) is 0 Å². The Balaban J connectivity index is 2.26. The number of urea groups is 1. The lowest BCUT2D eigenvalue weighted by Crippen LogP contribution is -2.55. The molecular formula is C15H29N3O3. The van der Waals surface area contributed by atoms with Gasteiger partial charge in [0, 0.05) is 31.7 Å². The maximum atomic E-state index is 12.2. The van der Waals surface area contributed by atoms with Crippen molar-refractivity contribution in [3.05, 3.63) is 0 Å². The lowest BCUT2D eigenvalue weighted by molar-refractivity contribution is -0.141. The summed E-state index contributed by atoms with van der Waals surface area (Å²) in [6, 6.07) is 0.457. The second-order valence-electron chi connectivity index (χ2n) is 6.30. The lowest BCUT2D eigenvalue weighted by atomic mass is 10.0. The molecule has 6 heteroatoms. The van der Waals surface area contributed by atoms with Gasteiger partial charge in [-0.25, -0.2) is 4.79 Å². The largest absolute Gasteiger partial charge is 0.481 e. The highest BCUT2D eigenvalue weighted by molar-refractivity contribution is 5.74. The van der Waals surface area contributed by atoms with Crippen molar-refractivity contribution in [2.75, 3.05) is 26.7 Å². The Morgan fingerprint density at radius 1 is 1.29 bits per heavy atom. The van der Waals surface area contributed by atoms with Crippen molar-refractivity contribution in [3.8, 4) is 0 Å². The Morgan fingerprint density at radius 3 is 2.52 bits per heavy atom. The molecule has 1 aliphatic rings. The summed E-state index contributed by atoms with van der Waals surface area (Å²) in [6.45, 7) is 8.23. The van der Waals surface area contributed by atoms with Crippen molar-refractivity contribution in [1.29, 1.82) is 0 Å². The van der Waals surface area contributed by atoms with E-state index in [-0.39, 0.29) is 18.0 Å². The van der Waals surface area contributed by atoms with Crippen molar-refractivity contribution in [1.82, 2.24) is 15.1 Å². The average Bonchev–Trinajstić information content (AvgIpc) is 2.41. The minimum Gasteiger partial charge on any atom is -0.481 e. The van der Waals surface area contributed by atoms with E-state index < -0.39 is 5.97 Å². The molecule has 0 spiro atoms. The Bertz CT molecular complexity index is 362. The molecule has 122 valence electrons. The van der Waals surface area contributed by atoms with Gasteiger partial charge in [-0.2, -0.15) is 0 Å². The molecule has 21 heavy (non-hydrogen) atoms. The van der Waals surface area contributed by atoms with Crippen LogP contribution in [0.1, 0.15) is 40.0 Å². The van der Waals surface area contributed by atoms with Gasteiger partial charge in [-0.15, -0.1) is 0 Å². The van der Waals surface area contributed by atoms with Crippen LogP contribution in [-0.4, -0.2) is 65.7 Å². The zero-order valence-electron chi connectivity index (χ0n) is 13.6. The summed E-state index contributed by atoms with van der Waals surface area (Å²) in [6.07, 6.45) is 2.28. The molecule has 1 fully saturated rings. The van der Waals surface area contributed by atoms with E-state index in [0.717, 1.165) is 32.5 Å². The second-order valence-corrected chi connectivity index (χ2v) is 6.30. The number of carbonyl (C=O) groups excluding carboxylic acids is 1. The van der Waals surface area contributed by atoms with E-state index in [4.69, 9.17) is 5.11 Å². The summed E-state index contributed by atoms with van der Waals surface area (Å²) < 4.78 is 0. The van der Waals surface area contributed by atoms with Crippen molar-refractivity contribution < 1.29 is 14.7 Å². The van der Waals surface area contributed by atoms with Gasteiger partial charge in [0.2, 0.25) is 0 Å². The van der Waals surface area contributed by atoms with Gasteiger partial charge < -0.3 is 20.2 Å². The molecule has 0 aromatic carbocycles. The highest BCUT2D eigenvalue weighted by atomic mass is 16.4. The zero-order valence-corrected chi connectivity index (χ0v) is 13.6. The SMILES string of the molecule is CC(CCCC(C)C(=O)O)NC(=O)N1CCN(C)C(C)C1. The monoisotopic (exact) mass is 299 g/mol. The minimum absolute atomic E-state index is 0.00580. The lowest BCUT2D eigenvalue weighted by Gasteiger charge is -2.38. The number of carboxylic acid groups (broad SMARTS) is 1. The van der Waals surface area contributed by atoms with Gasteiger partial charge in [0.25, 0.3) is 0 Å². The van der Waals surface area contributed by atoms with E-state index in [1.54, 1.807) is 6.92 Å². The number of rotatable bonds is 6. The standard InChI is InChI=1S/C15H29N3O3/c1-11(14(19)20)6-5-7-12(2)16-15(21)18-9-8-17(4)13(3)10-18/h11-13H,5-10H2,1-4H3,(H,16,21)(H,19,20). The van der Waals surface area contributed by atoms with E-state index in [2.05, 4.69) is 24.2 Å². The van der Waals surface area contributed by atoms with Crippen LogP contribution < -0.4 is 5.32 Å². The first-order valence-electron chi connectivity index (χ1n) is 7.79. The van der Waals surface area contributed by atoms with E-state index >= 15 is 0 Å². The number of hydrogen-bond acceptors (Lipinski definition) is 3. The Hall–Kier alpha value is -1.30. The molecule has 1 rings (SSSR count). The number of carbonyl (C=O) groups is 2. The molecule has 1 saturated heterocycles. The first kappa shape index (κ1) is 17.8. The predicted molar refractivity (Wildman–Crippen MR) is 82.3 cm³/mol. The maximum absolute atomic E-state index is 12.2. The molecule has 0 bridgehead atoms. The molecule has 0 aliphatic carbocycles. The van der Waals surface area contributed by atoms with E-state index in [1.165, 1.54) is 0 Å². The third-order valence-corrected chi connectivity index (χ3v) is 4.31. The third-order valence-electron chi connectivity index (χ3n) is 4.31. The molecule has 1 heterocycles. The number of likely N-dealkylation sites (N-methyl/N-ethyl adjacent to an activating group) is 1. The molecule has 0 radical (unpaired) electrons. The predicted octanol–water partition coefficient (Wildman–Crippen LogP) is 1.61. The maximum Gasteiger partial charge on any atom is 0.317 e. The Kier molecular flexibility index (Phi) is 6.95. The van der Waals surface area contributed by atoms with E-state index in [9.17, 15) is 9.59 Å². The van der Waals surface area contributed by atoms with Gasteiger partial charge in [0.15, 0.2) is 0 Å². The number of carboxylic acids is 1. The molecule has 0 aromatic rings. The zero-order chi connectivity index (χ0) is 16.0. The topological polar surface area (TPSA) is 72.9 Å². The van der Waals surface area contributed by atoms with Crippen molar-refractivity contribution in [2.45, 2.75) is 52.1 Å². The van der Waals surface area contributed by atoms with Crippen molar-refractivity contribution in [2.24, 2.45) is 5.92 Å². The normalized spacial score (nSPS) is 22.7. The number of nitrogens with one attached hydrogen (secondary N) is 1. The van der Waals surface area contributed by atoms with Gasteiger partial charge in [-0.3, -0.25) is 4.79 Å². The molecule has 2 amide bonds. The third kappa shape index (κ3) is 5.91. The van der Waals surface area contributed by atoms with Crippen LogP contribution in [-0.2, 0) is 4.79 Å². The van der Waals surface area contributed by atoms with Gasteiger partial charge in [0.05, 0.1) is 5.92 Å². The van der Waals surface area contributed by atoms with Gasteiger partial charge in [-0.1, -0.05) is 13.3 Å². The number of amides is 2.